The molecule has 0 aliphatic carbocycles. The summed E-state index contributed by atoms with van der Waals surface area (Å²) in [4.78, 5) is 6.66. The van der Waals surface area contributed by atoms with Crippen LogP contribution < -0.4 is 19.9 Å². The maximum Gasteiger partial charge on any atom is 0.123 e. The third kappa shape index (κ3) is 3.09. The minimum absolute atomic E-state index is 0.637. The van der Waals surface area contributed by atoms with Gasteiger partial charge >= 0.3 is 0 Å². The summed E-state index contributed by atoms with van der Waals surface area (Å²) in [5.41, 5.74) is 2.44. The molecular weight excluding hydrogens is 294 g/mol. The maximum atomic E-state index is 5.87. The molecule has 0 radical (unpaired) electrons. The van der Waals surface area contributed by atoms with Crippen LogP contribution in [-0.4, -0.2) is 31.8 Å². The lowest BCUT2D eigenvalue weighted by Gasteiger charge is -2.24. The van der Waals surface area contributed by atoms with Crippen molar-refractivity contribution in [2.45, 2.75) is 13.8 Å². The van der Waals surface area contributed by atoms with Crippen molar-refractivity contribution in [1.82, 2.24) is 10.2 Å². The molecule has 0 bridgehead atoms. The minimum atomic E-state index is 0.637. The second-order valence-electron chi connectivity index (χ2n) is 5.53. The second kappa shape index (κ2) is 6.40. The normalized spacial score (nSPS) is 13.6. The molecule has 0 spiro atoms. The highest BCUT2D eigenvalue weighted by Gasteiger charge is 2.10. The van der Waals surface area contributed by atoms with Crippen LogP contribution in [0.1, 0.15) is 11.1 Å². The molecule has 116 valence electrons. The van der Waals surface area contributed by atoms with Gasteiger partial charge in [-0.2, -0.15) is 0 Å². The van der Waals surface area contributed by atoms with Gasteiger partial charge < -0.3 is 15.0 Å². The van der Waals surface area contributed by atoms with E-state index in [0.29, 0.717) is 13.3 Å². The van der Waals surface area contributed by atoms with Crippen molar-refractivity contribution in [3.8, 4) is 5.75 Å². The number of fused-ring (bicyclic) bond motifs is 1. The molecule has 0 amide bonds. The molecule has 0 saturated carbocycles. The molecule has 5 heteroatoms. The number of nitrogens with zero attached hydrogens (tertiary/aromatic N) is 2. The Morgan fingerprint density at radius 2 is 2.18 bits per heavy atom. The average Bonchev–Trinajstić information content (AvgIpc) is 2.96. The molecule has 0 saturated heterocycles. The monoisotopic (exact) mass is 315 g/mol. The first kappa shape index (κ1) is 14.9. The first-order chi connectivity index (χ1) is 10.6. The van der Waals surface area contributed by atoms with Crippen LogP contribution in [0.2, 0.25) is 0 Å². The Kier molecular flexibility index (Phi) is 4.34. The number of rotatable bonds is 5. The van der Waals surface area contributed by atoms with E-state index in [1.807, 2.05) is 6.07 Å². The van der Waals surface area contributed by atoms with E-state index in [1.165, 1.54) is 16.3 Å². The van der Waals surface area contributed by atoms with Gasteiger partial charge in [0.25, 0.3) is 0 Å². The van der Waals surface area contributed by atoms with Crippen molar-refractivity contribution in [3.05, 3.63) is 50.7 Å². The van der Waals surface area contributed by atoms with E-state index < -0.39 is 0 Å². The summed E-state index contributed by atoms with van der Waals surface area (Å²) in [7, 11) is 2.05. The van der Waals surface area contributed by atoms with Crippen LogP contribution >= 0.6 is 11.3 Å². The predicted octanol–water partition coefficient (Wildman–Crippen LogP) is 1.62. The van der Waals surface area contributed by atoms with E-state index >= 15 is 0 Å². The van der Waals surface area contributed by atoms with E-state index in [0.717, 1.165) is 22.8 Å². The van der Waals surface area contributed by atoms with Gasteiger partial charge in [0, 0.05) is 7.05 Å². The van der Waals surface area contributed by atoms with Gasteiger partial charge in [0.1, 0.15) is 29.5 Å². The molecule has 22 heavy (non-hydrogen) atoms. The second-order valence-corrected chi connectivity index (χ2v) is 6.42. The molecule has 2 heterocycles. The quantitative estimate of drug-likeness (QED) is 0.852. The summed E-state index contributed by atoms with van der Waals surface area (Å²) in [6.07, 6.45) is 0. The summed E-state index contributed by atoms with van der Waals surface area (Å²) in [5, 5.41) is 6.75. The summed E-state index contributed by atoms with van der Waals surface area (Å²) < 4.78 is 6.98. The van der Waals surface area contributed by atoms with Gasteiger partial charge in [0.2, 0.25) is 0 Å². The molecular formula is C17H21N3OS. The molecule has 1 aliphatic heterocycles. The van der Waals surface area contributed by atoms with Crippen LogP contribution in [0.3, 0.4) is 0 Å². The number of nitrogens with one attached hydrogen (secondary N) is 1. The number of thiophene rings is 1. The highest BCUT2D eigenvalue weighted by Crippen LogP contribution is 2.18. The number of aryl methyl sites for hydroxylation is 2. The highest BCUT2D eigenvalue weighted by molar-refractivity contribution is 7.07. The van der Waals surface area contributed by atoms with E-state index in [9.17, 15) is 0 Å². The topological polar surface area (TPSA) is 36.9 Å². The summed E-state index contributed by atoms with van der Waals surface area (Å²) in [5.74, 6) is 2.09. The molecule has 4 nitrogen and oxygen atoms in total. The molecule has 0 atom stereocenters. The third-order valence-corrected chi connectivity index (χ3v) is 4.54. The molecule has 2 aromatic rings. The largest absolute Gasteiger partial charge is 0.491 e. The van der Waals surface area contributed by atoms with Gasteiger partial charge in [-0.1, -0.05) is 17.7 Å². The number of benzene rings is 1. The van der Waals surface area contributed by atoms with Gasteiger partial charge in [-0.25, -0.2) is 0 Å². The molecule has 0 fully saturated rings. The van der Waals surface area contributed by atoms with Crippen molar-refractivity contribution < 1.29 is 4.74 Å². The maximum absolute atomic E-state index is 5.87. The molecule has 1 aliphatic rings. The number of hydrogen-bond acceptors (Lipinski definition) is 5. The van der Waals surface area contributed by atoms with Crippen molar-refractivity contribution in [2.75, 3.05) is 26.9 Å². The smallest absolute Gasteiger partial charge is 0.123 e. The number of ether oxygens (including phenoxy) is 1. The van der Waals surface area contributed by atoms with Gasteiger partial charge in [-0.15, -0.1) is 11.3 Å². The lowest BCUT2D eigenvalue weighted by atomic mass is 10.1. The van der Waals surface area contributed by atoms with Crippen LogP contribution in [0.5, 0.6) is 5.75 Å². The Morgan fingerprint density at radius 3 is 3.00 bits per heavy atom. The van der Waals surface area contributed by atoms with E-state index in [2.05, 4.69) is 59.7 Å². The van der Waals surface area contributed by atoms with Crippen molar-refractivity contribution in [3.63, 3.8) is 0 Å². The fourth-order valence-corrected chi connectivity index (χ4v) is 3.33. The van der Waals surface area contributed by atoms with Gasteiger partial charge in [-0.05, 0) is 36.9 Å². The van der Waals surface area contributed by atoms with E-state index in [1.54, 1.807) is 11.3 Å². The van der Waals surface area contributed by atoms with Gasteiger partial charge in [0.05, 0.1) is 11.8 Å². The summed E-state index contributed by atoms with van der Waals surface area (Å²) >= 11 is 1.69. The fraction of sp³-hybridized carbons (Fsp3) is 0.353. The predicted molar refractivity (Wildman–Crippen MR) is 90.6 cm³/mol. The molecule has 1 aromatic carbocycles. The molecule has 0 unspecified atom stereocenters. The Bertz CT molecular complexity index is 781. The molecule has 1 aromatic heterocycles. The third-order valence-electron chi connectivity index (χ3n) is 3.69. The fourth-order valence-electron chi connectivity index (χ4n) is 2.57. The Balaban J connectivity index is 1.62. The Labute approximate surface area is 134 Å². The average molecular weight is 315 g/mol. The Hall–Kier alpha value is -2.01. The van der Waals surface area contributed by atoms with Crippen LogP contribution in [0.4, 0.5) is 0 Å². The lowest BCUT2D eigenvalue weighted by Crippen LogP contribution is -2.42. The van der Waals surface area contributed by atoms with Crippen LogP contribution in [-0.2, 0) is 0 Å². The number of hydrogen-bond donors (Lipinski definition) is 1. The summed E-state index contributed by atoms with van der Waals surface area (Å²) in [6.45, 7) is 6.28. The zero-order valence-electron chi connectivity index (χ0n) is 13.2. The SMILES string of the molecule is Cc1ccc(OCCNC2=c3ccsc3=NCN2C)c(C)c1. The van der Waals surface area contributed by atoms with E-state index in [4.69, 9.17) is 4.74 Å². The van der Waals surface area contributed by atoms with Crippen molar-refractivity contribution in [1.29, 1.82) is 0 Å². The molecule has 3 rings (SSSR count). The van der Waals surface area contributed by atoms with Crippen LogP contribution in [0, 0.1) is 13.8 Å². The standard InChI is InChI=1S/C17H21N3OS/c1-12-4-5-15(13(2)10-12)21-8-7-18-16-14-6-9-22-17(14)19-11-20(16)3/h4-6,9-10,18H,7-8,11H2,1-3H3. The first-order valence-corrected chi connectivity index (χ1v) is 8.30. The van der Waals surface area contributed by atoms with Crippen LogP contribution in [0.25, 0.3) is 5.82 Å². The van der Waals surface area contributed by atoms with Crippen molar-refractivity contribution in [2.24, 2.45) is 4.99 Å². The first-order valence-electron chi connectivity index (χ1n) is 7.42. The van der Waals surface area contributed by atoms with Gasteiger partial charge in [-0.3, -0.25) is 4.99 Å². The van der Waals surface area contributed by atoms with E-state index in [-0.39, 0.29) is 0 Å². The van der Waals surface area contributed by atoms with Gasteiger partial charge in [0.15, 0.2) is 0 Å². The minimum Gasteiger partial charge on any atom is -0.491 e. The van der Waals surface area contributed by atoms with Crippen LogP contribution in [0.15, 0.2) is 34.6 Å². The lowest BCUT2D eigenvalue weighted by molar-refractivity contribution is 0.314. The summed E-state index contributed by atoms with van der Waals surface area (Å²) in [6, 6.07) is 8.39. The Morgan fingerprint density at radius 1 is 1.32 bits per heavy atom. The highest BCUT2D eigenvalue weighted by atomic mass is 32.1. The molecule has 1 N–H and O–H groups in total. The van der Waals surface area contributed by atoms with Crippen molar-refractivity contribution >= 4 is 17.2 Å². The zero-order valence-corrected chi connectivity index (χ0v) is 14.0. The zero-order chi connectivity index (χ0) is 15.5.